The monoisotopic (exact) mass is 147 g/mol. The van der Waals surface area contributed by atoms with Gasteiger partial charge in [-0.3, -0.25) is 0 Å². The summed E-state index contributed by atoms with van der Waals surface area (Å²) in [7, 11) is 3.10. The summed E-state index contributed by atoms with van der Waals surface area (Å²) in [6, 6.07) is 0. The third-order valence-electron chi connectivity index (χ3n) is 0.831. The van der Waals surface area contributed by atoms with E-state index in [0.717, 1.165) is 0 Å². The lowest BCUT2D eigenvalue weighted by molar-refractivity contribution is -0.0935. The molecule has 3 nitrogen and oxygen atoms in total. The Morgan fingerprint density at radius 1 is 1.56 bits per heavy atom. The second-order valence-corrected chi connectivity index (χ2v) is 1.52. The molecular weight excluding hydrogens is 138 g/mol. The van der Waals surface area contributed by atoms with E-state index in [1.807, 2.05) is 0 Å². The number of aliphatic imine (C=N–C) groups is 1. The van der Waals surface area contributed by atoms with Gasteiger partial charge in [-0.15, -0.1) is 0 Å². The number of hydrogen-bond donors (Lipinski definition) is 0. The van der Waals surface area contributed by atoms with E-state index in [-0.39, 0.29) is 6.29 Å². The molecule has 0 aliphatic heterocycles. The molecule has 0 bridgehead atoms. The summed E-state index contributed by atoms with van der Waals surface area (Å²) in [5.41, 5.74) is 0. The fourth-order valence-corrected chi connectivity index (χ4v) is 0.432. The van der Waals surface area contributed by atoms with E-state index in [9.17, 15) is 0 Å². The Morgan fingerprint density at radius 2 is 2.11 bits per heavy atom. The van der Waals surface area contributed by atoms with Crippen LogP contribution in [0.15, 0.2) is 4.99 Å². The Bertz CT molecular complexity index is 108. The fourth-order valence-electron chi connectivity index (χ4n) is 0.357. The minimum Gasteiger partial charge on any atom is -0.354 e. The van der Waals surface area contributed by atoms with Gasteiger partial charge in [0.05, 0.1) is 5.16 Å². The highest BCUT2D eigenvalue weighted by Crippen LogP contribution is 1.89. The van der Waals surface area contributed by atoms with Gasteiger partial charge in [0.25, 0.3) is 0 Å². The van der Waals surface area contributed by atoms with Gasteiger partial charge in [-0.2, -0.15) is 0 Å². The SMILES string of the molecule is COC(CN=C=S)OC. The fraction of sp³-hybridized carbons (Fsp3) is 0.800. The number of hydrogen-bond acceptors (Lipinski definition) is 4. The number of methoxy groups -OCH3 is 2. The van der Waals surface area contributed by atoms with Crippen LogP contribution in [0.4, 0.5) is 0 Å². The lowest BCUT2D eigenvalue weighted by Gasteiger charge is -2.07. The molecule has 52 valence electrons. The van der Waals surface area contributed by atoms with Gasteiger partial charge < -0.3 is 9.47 Å². The normalized spacial score (nSPS) is 9.22. The highest BCUT2D eigenvalue weighted by Gasteiger charge is 2.00. The number of nitrogens with zero attached hydrogens (tertiary/aromatic N) is 1. The van der Waals surface area contributed by atoms with E-state index in [2.05, 4.69) is 22.4 Å². The van der Waals surface area contributed by atoms with Gasteiger partial charge >= 0.3 is 0 Å². The molecule has 4 heteroatoms. The van der Waals surface area contributed by atoms with E-state index in [1.54, 1.807) is 14.2 Å². The molecule has 0 rings (SSSR count). The molecule has 0 amide bonds. The van der Waals surface area contributed by atoms with E-state index in [0.29, 0.717) is 6.54 Å². The summed E-state index contributed by atoms with van der Waals surface area (Å²) >= 11 is 4.34. The summed E-state index contributed by atoms with van der Waals surface area (Å²) in [5.74, 6) is 0. The molecule has 0 aromatic rings. The summed E-state index contributed by atoms with van der Waals surface area (Å²) in [6.07, 6.45) is -0.291. The van der Waals surface area contributed by atoms with Crippen LogP contribution < -0.4 is 0 Å². The number of rotatable bonds is 4. The average molecular weight is 147 g/mol. The van der Waals surface area contributed by atoms with Gasteiger partial charge in [0.1, 0.15) is 6.54 Å². The second-order valence-electron chi connectivity index (χ2n) is 1.33. The first-order chi connectivity index (χ1) is 4.35. The van der Waals surface area contributed by atoms with Crippen molar-refractivity contribution in [2.24, 2.45) is 4.99 Å². The molecule has 0 atom stereocenters. The molecule has 0 fully saturated rings. The van der Waals surface area contributed by atoms with Crippen molar-refractivity contribution in [2.45, 2.75) is 6.29 Å². The topological polar surface area (TPSA) is 30.8 Å². The highest BCUT2D eigenvalue weighted by molar-refractivity contribution is 7.78. The zero-order valence-corrected chi connectivity index (χ0v) is 6.27. The smallest absolute Gasteiger partial charge is 0.177 e. The van der Waals surface area contributed by atoms with Crippen molar-refractivity contribution in [1.82, 2.24) is 0 Å². The van der Waals surface area contributed by atoms with E-state index >= 15 is 0 Å². The predicted molar refractivity (Wildman–Crippen MR) is 37.7 cm³/mol. The van der Waals surface area contributed by atoms with Crippen LogP contribution in [-0.2, 0) is 9.47 Å². The van der Waals surface area contributed by atoms with Crippen molar-refractivity contribution < 1.29 is 9.47 Å². The lowest BCUT2D eigenvalue weighted by atomic mass is 10.6. The van der Waals surface area contributed by atoms with E-state index in [1.165, 1.54) is 0 Å². The number of ether oxygens (including phenoxy) is 2. The van der Waals surface area contributed by atoms with Crippen LogP contribution in [0.25, 0.3) is 0 Å². The van der Waals surface area contributed by atoms with Gasteiger partial charge in [-0.25, -0.2) is 4.99 Å². The Kier molecular flexibility index (Phi) is 5.67. The molecule has 0 N–H and O–H groups in total. The molecule has 0 spiro atoms. The van der Waals surface area contributed by atoms with Crippen molar-refractivity contribution in [3.63, 3.8) is 0 Å². The average Bonchev–Trinajstić information content (AvgIpc) is 1.91. The predicted octanol–water partition coefficient (Wildman–Crippen LogP) is 0.708. The zero-order valence-electron chi connectivity index (χ0n) is 5.46. The maximum Gasteiger partial charge on any atom is 0.177 e. The van der Waals surface area contributed by atoms with Crippen LogP contribution in [0.5, 0.6) is 0 Å². The van der Waals surface area contributed by atoms with Crippen LogP contribution in [0.1, 0.15) is 0 Å². The first kappa shape index (κ1) is 8.72. The van der Waals surface area contributed by atoms with Gasteiger partial charge in [0.15, 0.2) is 6.29 Å². The van der Waals surface area contributed by atoms with Crippen LogP contribution in [-0.4, -0.2) is 32.2 Å². The largest absolute Gasteiger partial charge is 0.354 e. The van der Waals surface area contributed by atoms with E-state index in [4.69, 9.17) is 9.47 Å². The third kappa shape index (κ3) is 4.24. The maximum atomic E-state index is 4.80. The molecule has 0 saturated heterocycles. The number of thiocarbonyl (C=S) groups is 1. The van der Waals surface area contributed by atoms with Crippen molar-refractivity contribution in [3.05, 3.63) is 0 Å². The van der Waals surface area contributed by atoms with Gasteiger partial charge in [-0.05, 0) is 12.2 Å². The molecule has 0 aromatic carbocycles. The standard InChI is InChI=1S/C5H9NO2S/c1-7-5(8-2)3-6-4-9/h5H,3H2,1-2H3. The Labute approximate surface area is 59.7 Å². The molecule has 0 unspecified atom stereocenters. The van der Waals surface area contributed by atoms with Gasteiger partial charge in [0, 0.05) is 14.2 Å². The molecular formula is C5H9NO2S. The van der Waals surface area contributed by atoms with Gasteiger partial charge in [-0.1, -0.05) is 0 Å². The van der Waals surface area contributed by atoms with Crippen LogP contribution >= 0.6 is 12.2 Å². The Balaban J connectivity index is 3.42. The number of isothiocyanates is 1. The molecule has 0 aromatic heterocycles. The highest BCUT2D eigenvalue weighted by atomic mass is 32.1. The minimum atomic E-state index is -0.291. The van der Waals surface area contributed by atoms with Crippen molar-refractivity contribution in [3.8, 4) is 0 Å². The third-order valence-corrected chi connectivity index (χ3v) is 0.960. The van der Waals surface area contributed by atoms with Crippen molar-refractivity contribution in [2.75, 3.05) is 20.8 Å². The molecule has 0 aliphatic carbocycles. The zero-order chi connectivity index (χ0) is 7.11. The Hall–Kier alpha value is -0.280. The first-order valence-electron chi connectivity index (χ1n) is 2.44. The lowest BCUT2D eigenvalue weighted by Crippen LogP contribution is -2.16. The minimum absolute atomic E-state index is 0.291. The van der Waals surface area contributed by atoms with E-state index < -0.39 is 0 Å². The second kappa shape index (κ2) is 5.85. The molecule has 0 aliphatic rings. The molecule has 9 heavy (non-hydrogen) atoms. The van der Waals surface area contributed by atoms with Crippen LogP contribution in [0.2, 0.25) is 0 Å². The summed E-state index contributed by atoms with van der Waals surface area (Å²) in [4.78, 5) is 3.63. The van der Waals surface area contributed by atoms with Gasteiger partial charge in [0.2, 0.25) is 0 Å². The summed E-state index contributed by atoms with van der Waals surface area (Å²) in [6.45, 7) is 0.413. The Morgan fingerprint density at radius 3 is 2.44 bits per heavy atom. The van der Waals surface area contributed by atoms with Crippen molar-refractivity contribution in [1.29, 1.82) is 0 Å². The van der Waals surface area contributed by atoms with Crippen LogP contribution in [0, 0.1) is 0 Å². The summed E-state index contributed by atoms with van der Waals surface area (Å²) in [5, 5.41) is 2.22. The molecule has 0 heterocycles. The summed E-state index contributed by atoms with van der Waals surface area (Å²) < 4.78 is 9.60. The maximum absolute atomic E-state index is 4.80. The first-order valence-corrected chi connectivity index (χ1v) is 2.85. The molecule has 0 radical (unpaired) electrons. The van der Waals surface area contributed by atoms with Crippen LogP contribution in [0.3, 0.4) is 0 Å². The quantitative estimate of drug-likeness (QED) is 0.333. The van der Waals surface area contributed by atoms with Crippen molar-refractivity contribution >= 4 is 17.4 Å². The molecule has 0 saturated carbocycles.